The Hall–Kier alpha value is -4.24. The largest absolute Gasteiger partial charge is 0.271 e. The Labute approximate surface area is 180 Å². The third-order valence-corrected chi connectivity index (χ3v) is 5.43. The highest BCUT2D eigenvalue weighted by atomic mass is 16.2. The van der Waals surface area contributed by atoms with Crippen LogP contribution < -0.4 is 5.43 Å². The zero-order chi connectivity index (χ0) is 21.0. The van der Waals surface area contributed by atoms with Gasteiger partial charge in [0.2, 0.25) is 0 Å². The van der Waals surface area contributed by atoms with Crippen LogP contribution in [-0.4, -0.2) is 12.1 Å². The standard InChI is InChI=1S/C28H20N2O/c31-28(22-16-14-21(15-17-22)20-8-2-1-3-9-20)30-29-19-27-25-12-6-4-10-23(25)18-24-11-5-7-13-26(24)27/h1-19H,(H,30,31)/b29-19-. The number of carbonyl (C=O) groups is 1. The highest BCUT2D eigenvalue weighted by Gasteiger charge is 2.07. The molecule has 0 bridgehead atoms. The molecule has 0 fully saturated rings. The van der Waals surface area contributed by atoms with Crippen molar-refractivity contribution in [1.82, 2.24) is 5.43 Å². The number of benzene rings is 5. The van der Waals surface area contributed by atoms with Crippen molar-refractivity contribution in [2.45, 2.75) is 0 Å². The third-order valence-electron chi connectivity index (χ3n) is 5.43. The highest BCUT2D eigenvalue weighted by Crippen LogP contribution is 2.27. The molecule has 3 nitrogen and oxygen atoms in total. The molecule has 0 unspecified atom stereocenters. The van der Waals surface area contributed by atoms with Crippen molar-refractivity contribution in [3.63, 3.8) is 0 Å². The normalized spacial score (nSPS) is 11.2. The molecule has 0 aliphatic heterocycles. The van der Waals surface area contributed by atoms with E-state index in [-0.39, 0.29) is 5.91 Å². The molecule has 0 saturated carbocycles. The van der Waals surface area contributed by atoms with Crippen molar-refractivity contribution in [3.8, 4) is 11.1 Å². The zero-order valence-electron chi connectivity index (χ0n) is 16.8. The number of nitrogens with zero attached hydrogens (tertiary/aromatic N) is 1. The number of hydrazone groups is 1. The number of hydrogen-bond acceptors (Lipinski definition) is 2. The molecular formula is C28H20N2O. The lowest BCUT2D eigenvalue weighted by atomic mass is 9.97. The van der Waals surface area contributed by atoms with Crippen molar-refractivity contribution in [2.24, 2.45) is 5.10 Å². The Morgan fingerprint density at radius 3 is 1.84 bits per heavy atom. The van der Waals surface area contributed by atoms with E-state index in [1.54, 1.807) is 6.21 Å². The van der Waals surface area contributed by atoms with Gasteiger partial charge in [-0.3, -0.25) is 4.79 Å². The van der Waals surface area contributed by atoms with Gasteiger partial charge in [0.15, 0.2) is 0 Å². The van der Waals surface area contributed by atoms with E-state index in [9.17, 15) is 4.79 Å². The molecule has 1 N–H and O–H groups in total. The zero-order valence-corrected chi connectivity index (χ0v) is 16.8. The molecular weight excluding hydrogens is 380 g/mol. The minimum Gasteiger partial charge on any atom is -0.267 e. The summed E-state index contributed by atoms with van der Waals surface area (Å²) in [7, 11) is 0. The lowest BCUT2D eigenvalue weighted by molar-refractivity contribution is 0.0955. The molecule has 0 radical (unpaired) electrons. The van der Waals surface area contributed by atoms with E-state index in [0.717, 1.165) is 38.2 Å². The fourth-order valence-corrected chi connectivity index (χ4v) is 3.85. The van der Waals surface area contributed by atoms with E-state index in [4.69, 9.17) is 0 Å². The first-order valence-corrected chi connectivity index (χ1v) is 10.2. The Bertz CT molecular complexity index is 1350. The summed E-state index contributed by atoms with van der Waals surface area (Å²) in [5, 5.41) is 8.77. The van der Waals surface area contributed by atoms with Gasteiger partial charge in [-0.2, -0.15) is 5.10 Å². The molecule has 1 amide bonds. The van der Waals surface area contributed by atoms with Gasteiger partial charge in [0.25, 0.3) is 5.91 Å². The second-order valence-electron chi connectivity index (χ2n) is 7.38. The van der Waals surface area contributed by atoms with Gasteiger partial charge in [-0.05, 0) is 50.9 Å². The summed E-state index contributed by atoms with van der Waals surface area (Å²) in [5.74, 6) is -0.236. The summed E-state index contributed by atoms with van der Waals surface area (Å²) in [6.07, 6.45) is 1.74. The first-order valence-electron chi connectivity index (χ1n) is 10.2. The van der Waals surface area contributed by atoms with E-state index in [1.165, 1.54) is 0 Å². The first kappa shape index (κ1) is 18.8. The van der Waals surface area contributed by atoms with E-state index in [0.29, 0.717) is 5.56 Å². The number of nitrogens with one attached hydrogen (secondary N) is 1. The maximum atomic E-state index is 12.6. The lowest BCUT2D eigenvalue weighted by Crippen LogP contribution is -2.17. The van der Waals surface area contributed by atoms with Crippen LogP contribution in [0.2, 0.25) is 0 Å². The Kier molecular flexibility index (Phi) is 4.99. The van der Waals surface area contributed by atoms with Gasteiger partial charge >= 0.3 is 0 Å². The molecule has 5 rings (SSSR count). The Morgan fingerprint density at radius 2 is 1.19 bits per heavy atom. The van der Waals surface area contributed by atoms with Gasteiger partial charge in [0.05, 0.1) is 6.21 Å². The van der Waals surface area contributed by atoms with E-state index in [1.807, 2.05) is 78.9 Å². The second kappa shape index (κ2) is 8.25. The quantitative estimate of drug-likeness (QED) is 0.211. The van der Waals surface area contributed by atoms with Crippen molar-refractivity contribution in [2.75, 3.05) is 0 Å². The Balaban J connectivity index is 1.40. The van der Waals surface area contributed by atoms with Crippen LogP contribution in [-0.2, 0) is 0 Å². The molecule has 31 heavy (non-hydrogen) atoms. The van der Waals surface area contributed by atoms with Crippen LogP contribution in [0.5, 0.6) is 0 Å². The van der Waals surface area contributed by atoms with Gasteiger partial charge in [-0.15, -0.1) is 0 Å². The smallest absolute Gasteiger partial charge is 0.267 e. The number of rotatable bonds is 4. The molecule has 5 aromatic rings. The monoisotopic (exact) mass is 400 g/mol. The van der Waals surface area contributed by atoms with Crippen molar-refractivity contribution < 1.29 is 4.79 Å². The average Bonchev–Trinajstić information content (AvgIpc) is 2.84. The van der Waals surface area contributed by atoms with Crippen LogP contribution in [0.3, 0.4) is 0 Å². The van der Waals surface area contributed by atoms with E-state index < -0.39 is 0 Å². The van der Waals surface area contributed by atoms with Crippen LogP contribution in [0.15, 0.2) is 114 Å². The molecule has 0 aromatic heterocycles. The maximum Gasteiger partial charge on any atom is 0.271 e. The van der Waals surface area contributed by atoms with Crippen molar-refractivity contribution in [3.05, 3.63) is 120 Å². The molecule has 0 aliphatic rings. The third kappa shape index (κ3) is 3.81. The predicted molar refractivity (Wildman–Crippen MR) is 128 cm³/mol. The molecule has 5 aromatic carbocycles. The second-order valence-corrected chi connectivity index (χ2v) is 7.38. The molecule has 0 spiro atoms. The van der Waals surface area contributed by atoms with E-state index in [2.05, 4.69) is 40.9 Å². The summed E-state index contributed by atoms with van der Waals surface area (Å²) in [6, 6.07) is 36.2. The van der Waals surface area contributed by atoms with Crippen molar-refractivity contribution in [1.29, 1.82) is 0 Å². The number of carbonyl (C=O) groups excluding carboxylic acids is 1. The molecule has 0 saturated heterocycles. The summed E-state index contributed by atoms with van der Waals surface area (Å²) in [6.45, 7) is 0. The molecule has 148 valence electrons. The number of amides is 1. The first-order chi connectivity index (χ1) is 15.3. The van der Waals surface area contributed by atoms with Crippen LogP contribution in [0.25, 0.3) is 32.7 Å². The summed E-state index contributed by atoms with van der Waals surface area (Å²) < 4.78 is 0. The van der Waals surface area contributed by atoms with E-state index >= 15 is 0 Å². The molecule has 3 heteroatoms. The fourth-order valence-electron chi connectivity index (χ4n) is 3.85. The predicted octanol–water partition coefficient (Wildman–Crippen LogP) is 6.42. The maximum absolute atomic E-state index is 12.6. The highest BCUT2D eigenvalue weighted by molar-refractivity contribution is 6.13. The summed E-state index contributed by atoms with van der Waals surface area (Å²) in [5.41, 5.74) is 6.42. The average molecular weight is 400 g/mol. The topological polar surface area (TPSA) is 41.5 Å². The summed E-state index contributed by atoms with van der Waals surface area (Å²) >= 11 is 0. The van der Waals surface area contributed by atoms with Gasteiger partial charge in [-0.1, -0.05) is 91.0 Å². The van der Waals surface area contributed by atoms with Crippen molar-refractivity contribution >= 4 is 33.7 Å². The number of fused-ring (bicyclic) bond motifs is 2. The van der Waals surface area contributed by atoms with Crippen LogP contribution in [0, 0.1) is 0 Å². The van der Waals surface area contributed by atoms with Gasteiger partial charge < -0.3 is 0 Å². The van der Waals surface area contributed by atoms with Crippen LogP contribution in [0.4, 0.5) is 0 Å². The summed E-state index contributed by atoms with van der Waals surface area (Å²) in [4.78, 5) is 12.6. The minimum absolute atomic E-state index is 0.236. The number of hydrogen-bond donors (Lipinski definition) is 1. The van der Waals surface area contributed by atoms with Gasteiger partial charge in [0.1, 0.15) is 0 Å². The van der Waals surface area contributed by atoms with Crippen LogP contribution >= 0.6 is 0 Å². The molecule has 0 atom stereocenters. The molecule has 0 heterocycles. The molecule has 0 aliphatic carbocycles. The Morgan fingerprint density at radius 1 is 0.645 bits per heavy atom. The SMILES string of the molecule is O=C(N/N=C\c1c2ccccc2cc2ccccc12)c1ccc(-c2ccccc2)cc1. The van der Waals surface area contributed by atoms with Gasteiger partial charge in [-0.25, -0.2) is 5.43 Å². The van der Waals surface area contributed by atoms with Gasteiger partial charge in [0, 0.05) is 11.1 Å². The lowest BCUT2D eigenvalue weighted by Gasteiger charge is -2.08. The fraction of sp³-hybridized carbons (Fsp3) is 0. The minimum atomic E-state index is -0.236. The van der Waals surface area contributed by atoms with Crippen LogP contribution in [0.1, 0.15) is 15.9 Å².